The van der Waals surface area contributed by atoms with Crippen LogP contribution < -0.4 is 10.6 Å². The van der Waals surface area contributed by atoms with Crippen molar-refractivity contribution < 1.29 is 4.79 Å². The minimum Gasteiger partial charge on any atom is -0.326 e. The number of amides is 1. The molecule has 0 aliphatic carbocycles. The molecule has 0 atom stereocenters. The Bertz CT molecular complexity index is 608. The van der Waals surface area contributed by atoms with Crippen LogP contribution in [0.4, 0.5) is 5.69 Å². The summed E-state index contributed by atoms with van der Waals surface area (Å²) in [6.45, 7) is 5.12. The second-order valence-electron chi connectivity index (χ2n) is 5.00. The topological polar surface area (TPSA) is 59.2 Å². The monoisotopic (exact) mass is 283 g/mol. The van der Waals surface area contributed by atoms with Crippen molar-refractivity contribution in [3.05, 3.63) is 59.4 Å². The molecular formula is C17H21N3O. The molecule has 21 heavy (non-hydrogen) atoms. The highest BCUT2D eigenvalue weighted by atomic mass is 16.2. The van der Waals surface area contributed by atoms with E-state index in [-0.39, 0.29) is 5.91 Å². The SMILES string of the molecule is CCCN(C(=O)c1ncccc1C)c1ccc(CN)cc1. The Morgan fingerprint density at radius 3 is 2.52 bits per heavy atom. The first-order valence-electron chi connectivity index (χ1n) is 7.19. The number of aryl methyl sites for hydroxylation is 1. The summed E-state index contributed by atoms with van der Waals surface area (Å²) < 4.78 is 0. The summed E-state index contributed by atoms with van der Waals surface area (Å²) in [6.07, 6.45) is 2.54. The van der Waals surface area contributed by atoms with E-state index in [0.29, 0.717) is 18.8 Å². The van der Waals surface area contributed by atoms with Gasteiger partial charge in [0.15, 0.2) is 0 Å². The molecule has 0 radical (unpaired) electrons. The van der Waals surface area contributed by atoms with E-state index in [1.165, 1.54) is 0 Å². The number of carbonyl (C=O) groups is 1. The summed E-state index contributed by atoms with van der Waals surface area (Å²) in [5, 5.41) is 0. The molecule has 0 saturated heterocycles. The van der Waals surface area contributed by atoms with Crippen LogP contribution in [0.5, 0.6) is 0 Å². The number of rotatable bonds is 5. The van der Waals surface area contributed by atoms with Gasteiger partial charge in [0, 0.05) is 25.0 Å². The largest absolute Gasteiger partial charge is 0.326 e. The van der Waals surface area contributed by atoms with Gasteiger partial charge < -0.3 is 10.6 Å². The van der Waals surface area contributed by atoms with E-state index in [2.05, 4.69) is 11.9 Å². The maximum atomic E-state index is 12.7. The van der Waals surface area contributed by atoms with Gasteiger partial charge in [0.1, 0.15) is 5.69 Å². The predicted octanol–water partition coefficient (Wildman–Crippen LogP) is 2.91. The molecule has 0 bridgehead atoms. The maximum absolute atomic E-state index is 12.7. The molecule has 1 aromatic heterocycles. The molecule has 1 amide bonds. The van der Waals surface area contributed by atoms with Gasteiger partial charge in [-0.2, -0.15) is 0 Å². The van der Waals surface area contributed by atoms with Crippen LogP contribution in [0.15, 0.2) is 42.6 Å². The lowest BCUT2D eigenvalue weighted by atomic mass is 10.1. The van der Waals surface area contributed by atoms with E-state index in [4.69, 9.17) is 5.73 Å². The van der Waals surface area contributed by atoms with Gasteiger partial charge in [-0.3, -0.25) is 9.78 Å². The second-order valence-corrected chi connectivity index (χ2v) is 5.00. The molecule has 0 fully saturated rings. The Balaban J connectivity index is 2.33. The van der Waals surface area contributed by atoms with Crippen LogP contribution >= 0.6 is 0 Å². The van der Waals surface area contributed by atoms with Gasteiger partial charge in [0.05, 0.1) is 0 Å². The molecule has 4 heteroatoms. The van der Waals surface area contributed by atoms with Crippen LogP contribution in [0.2, 0.25) is 0 Å². The van der Waals surface area contributed by atoms with Crippen molar-refractivity contribution in [2.75, 3.05) is 11.4 Å². The van der Waals surface area contributed by atoms with E-state index in [1.54, 1.807) is 11.1 Å². The number of pyridine rings is 1. The van der Waals surface area contributed by atoms with Gasteiger partial charge in [-0.05, 0) is 42.7 Å². The molecular weight excluding hydrogens is 262 g/mol. The molecule has 0 saturated carbocycles. The van der Waals surface area contributed by atoms with Gasteiger partial charge in [-0.15, -0.1) is 0 Å². The minimum absolute atomic E-state index is 0.0598. The number of nitrogens with two attached hydrogens (primary N) is 1. The standard InChI is InChI=1S/C17H21N3O/c1-3-11-20(15-8-6-14(12-18)7-9-15)17(21)16-13(2)5-4-10-19-16/h4-10H,3,11-12,18H2,1-2H3. The number of nitrogens with zero attached hydrogens (tertiary/aromatic N) is 2. The third-order valence-electron chi connectivity index (χ3n) is 3.39. The number of hydrogen-bond donors (Lipinski definition) is 1. The lowest BCUT2D eigenvalue weighted by molar-refractivity contribution is 0.0981. The van der Waals surface area contributed by atoms with Crippen LogP contribution in [0.1, 0.15) is 35.0 Å². The van der Waals surface area contributed by atoms with Crippen LogP contribution in [0, 0.1) is 6.92 Å². The highest BCUT2D eigenvalue weighted by molar-refractivity contribution is 6.05. The van der Waals surface area contributed by atoms with Crippen molar-refractivity contribution in [1.82, 2.24) is 4.98 Å². The van der Waals surface area contributed by atoms with Crippen molar-refractivity contribution in [2.24, 2.45) is 5.73 Å². The summed E-state index contributed by atoms with van der Waals surface area (Å²) in [4.78, 5) is 18.8. The van der Waals surface area contributed by atoms with E-state index in [1.807, 2.05) is 43.3 Å². The summed E-state index contributed by atoms with van der Waals surface area (Å²) in [6, 6.07) is 11.5. The molecule has 4 nitrogen and oxygen atoms in total. The van der Waals surface area contributed by atoms with Crippen LogP contribution in [-0.2, 0) is 6.54 Å². The second kappa shape index (κ2) is 6.99. The van der Waals surface area contributed by atoms with Crippen LogP contribution in [-0.4, -0.2) is 17.4 Å². The van der Waals surface area contributed by atoms with E-state index >= 15 is 0 Å². The van der Waals surface area contributed by atoms with Gasteiger partial charge in [-0.25, -0.2) is 0 Å². The van der Waals surface area contributed by atoms with Crippen molar-refractivity contribution >= 4 is 11.6 Å². The predicted molar refractivity (Wildman–Crippen MR) is 85.3 cm³/mol. The molecule has 0 aliphatic heterocycles. The van der Waals surface area contributed by atoms with Crippen molar-refractivity contribution in [3.8, 4) is 0 Å². The Hall–Kier alpha value is -2.20. The van der Waals surface area contributed by atoms with E-state index < -0.39 is 0 Å². The molecule has 110 valence electrons. The zero-order valence-electron chi connectivity index (χ0n) is 12.5. The molecule has 0 spiro atoms. The molecule has 0 unspecified atom stereocenters. The Morgan fingerprint density at radius 2 is 1.95 bits per heavy atom. The van der Waals surface area contributed by atoms with E-state index in [9.17, 15) is 4.79 Å². The minimum atomic E-state index is -0.0598. The molecule has 2 aromatic rings. The third kappa shape index (κ3) is 3.47. The quantitative estimate of drug-likeness (QED) is 0.918. The van der Waals surface area contributed by atoms with Crippen LogP contribution in [0.25, 0.3) is 0 Å². The molecule has 1 aromatic carbocycles. The fraction of sp³-hybridized carbons (Fsp3) is 0.294. The number of carbonyl (C=O) groups excluding carboxylic acids is 1. The number of benzene rings is 1. The zero-order valence-corrected chi connectivity index (χ0v) is 12.5. The third-order valence-corrected chi connectivity index (χ3v) is 3.39. The smallest absolute Gasteiger partial charge is 0.277 e. The molecule has 2 N–H and O–H groups in total. The van der Waals surface area contributed by atoms with Gasteiger partial charge in [-0.1, -0.05) is 25.1 Å². The number of anilines is 1. The average molecular weight is 283 g/mol. The first-order chi connectivity index (χ1) is 10.2. The number of hydrogen-bond acceptors (Lipinski definition) is 3. The van der Waals surface area contributed by atoms with Gasteiger partial charge >= 0.3 is 0 Å². The normalized spacial score (nSPS) is 10.4. The van der Waals surface area contributed by atoms with Crippen molar-refractivity contribution in [1.29, 1.82) is 0 Å². The Morgan fingerprint density at radius 1 is 1.24 bits per heavy atom. The maximum Gasteiger partial charge on any atom is 0.277 e. The Kier molecular flexibility index (Phi) is 5.06. The first kappa shape index (κ1) is 15.2. The highest BCUT2D eigenvalue weighted by Gasteiger charge is 2.19. The van der Waals surface area contributed by atoms with Gasteiger partial charge in [0.2, 0.25) is 0 Å². The fourth-order valence-corrected chi connectivity index (χ4v) is 2.22. The first-order valence-corrected chi connectivity index (χ1v) is 7.19. The summed E-state index contributed by atoms with van der Waals surface area (Å²) >= 11 is 0. The fourth-order valence-electron chi connectivity index (χ4n) is 2.22. The molecule has 0 aliphatic rings. The Labute approximate surface area is 125 Å². The lowest BCUT2D eigenvalue weighted by Crippen LogP contribution is -2.32. The van der Waals surface area contributed by atoms with Crippen molar-refractivity contribution in [3.63, 3.8) is 0 Å². The highest BCUT2D eigenvalue weighted by Crippen LogP contribution is 2.19. The lowest BCUT2D eigenvalue weighted by Gasteiger charge is -2.22. The summed E-state index contributed by atoms with van der Waals surface area (Å²) in [5.74, 6) is -0.0598. The number of aromatic nitrogens is 1. The summed E-state index contributed by atoms with van der Waals surface area (Å²) in [5.41, 5.74) is 8.95. The summed E-state index contributed by atoms with van der Waals surface area (Å²) in [7, 11) is 0. The van der Waals surface area contributed by atoms with Gasteiger partial charge in [0.25, 0.3) is 5.91 Å². The molecule has 2 rings (SSSR count). The molecule has 1 heterocycles. The van der Waals surface area contributed by atoms with E-state index in [0.717, 1.165) is 23.2 Å². The zero-order chi connectivity index (χ0) is 15.2. The van der Waals surface area contributed by atoms with Crippen LogP contribution in [0.3, 0.4) is 0 Å². The average Bonchev–Trinajstić information content (AvgIpc) is 2.52. The van der Waals surface area contributed by atoms with Crippen molar-refractivity contribution in [2.45, 2.75) is 26.8 Å².